The highest BCUT2D eigenvalue weighted by molar-refractivity contribution is 6.11. The van der Waals surface area contributed by atoms with Crippen molar-refractivity contribution in [3.05, 3.63) is 83.7 Å². The molecular weight excluding hydrogens is 431 g/mol. The Bertz CT molecular complexity index is 1200. The average Bonchev–Trinajstić information content (AvgIpc) is 2.87. The van der Waals surface area contributed by atoms with Crippen LogP contribution in [0.4, 0.5) is 10.1 Å². The number of allylic oxidation sites excluding steroid dienone is 1. The minimum absolute atomic E-state index is 0.137. The van der Waals surface area contributed by atoms with Gasteiger partial charge in [-0.2, -0.15) is 0 Å². The molecule has 1 fully saturated rings. The van der Waals surface area contributed by atoms with Gasteiger partial charge in [0.1, 0.15) is 5.75 Å². The fraction of sp³-hybridized carbons (Fsp3) is 0.250. The number of rotatable bonds is 7. The second-order valence-electron chi connectivity index (χ2n) is 8.31. The predicted molar refractivity (Wildman–Crippen MR) is 134 cm³/mol. The van der Waals surface area contributed by atoms with Crippen molar-refractivity contribution in [2.24, 2.45) is 0 Å². The second-order valence-corrected chi connectivity index (χ2v) is 8.31. The van der Waals surface area contributed by atoms with E-state index in [-0.39, 0.29) is 11.5 Å². The summed E-state index contributed by atoms with van der Waals surface area (Å²) in [7, 11) is 5.16. The van der Waals surface area contributed by atoms with E-state index in [1.807, 2.05) is 42.5 Å². The first-order chi connectivity index (χ1) is 16.5. The Hall–Kier alpha value is -3.64. The highest BCUT2D eigenvalue weighted by atomic mass is 19.1. The Labute approximate surface area is 200 Å². The van der Waals surface area contributed by atoms with E-state index in [0.717, 1.165) is 48.7 Å². The van der Waals surface area contributed by atoms with Crippen LogP contribution in [0.15, 0.2) is 66.7 Å². The summed E-state index contributed by atoms with van der Waals surface area (Å²) < 4.78 is 24.6. The molecule has 0 radical (unpaired) electrons. The molecule has 6 heteroatoms. The number of ketones is 1. The number of hydrogen-bond donors (Lipinski definition) is 0. The Balaban J connectivity index is 1.71. The van der Waals surface area contributed by atoms with Gasteiger partial charge >= 0.3 is 0 Å². The van der Waals surface area contributed by atoms with Crippen LogP contribution in [0.3, 0.4) is 0 Å². The lowest BCUT2D eigenvalue weighted by Crippen LogP contribution is -2.45. The largest absolute Gasteiger partial charge is 0.496 e. The normalized spacial score (nSPS) is 14.4. The first kappa shape index (κ1) is 23.5. The summed E-state index contributed by atoms with van der Waals surface area (Å²) in [6.45, 7) is 3.56. The van der Waals surface area contributed by atoms with Gasteiger partial charge in [-0.3, -0.25) is 4.79 Å². The molecule has 0 unspecified atom stereocenters. The molecule has 0 atom stereocenters. The Morgan fingerprint density at radius 3 is 2.35 bits per heavy atom. The van der Waals surface area contributed by atoms with Gasteiger partial charge in [-0.25, -0.2) is 4.39 Å². The van der Waals surface area contributed by atoms with Crippen molar-refractivity contribution >= 4 is 17.5 Å². The molecule has 4 rings (SSSR count). The van der Waals surface area contributed by atoms with E-state index in [0.29, 0.717) is 11.1 Å². The standard InChI is InChI=1S/C28H29FN2O3/c1-30-14-16-31(17-15-30)25-11-10-21(22-6-4-5-7-27(22)33-2)19-23(25)26(32)12-8-20-9-13-28(34-3)24(29)18-20/h4-13,18-19H,14-17H2,1-3H3/b12-8+. The van der Waals surface area contributed by atoms with E-state index in [1.54, 1.807) is 25.3 Å². The predicted octanol–water partition coefficient (Wildman–Crippen LogP) is 5.16. The smallest absolute Gasteiger partial charge is 0.187 e. The summed E-state index contributed by atoms with van der Waals surface area (Å²) in [4.78, 5) is 17.9. The zero-order valence-electron chi connectivity index (χ0n) is 19.8. The van der Waals surface area contributed by atoms with Crippen LogP contribution in [-0.4, -0.2) is 58.1 Å². The van der Waals surface area contributed by atoms with Gasteiger partial charge in [0.2, 0.25) is 0 Å². The third-order valence-corrected chi connectivity index (χ3v) is 6.13. The summed E-state index contributed by atoms with van der Waals surface area (Å²) in [5.74, 6) is 0.318. The van der Waals surface area contributed by atoms with Gasteiger partial charge in [-0.1, -0.05) is 36.4 Å². The maximum Gasteiger partial charge on any atom is 0.187 e. The van der Waals surface area contributed by atoms with Gasteiger partial charge < -0.3 is 19.3 Å². The number of anilines is 1. The number of benzene rings is 3. The number of halogens is 1. The number of ether oxygens (including phenoxy) is 2. The fourth-order valence-corrected chi connectivity index (χ4v) is 4.16. The molecule has 0 spiro atoms. The van der Waals surface area contributed by atoms with Crippen LogP contribution in [-0.2, 0) is 0 Å². The van der Waals surface area contributed by atoms with Gasteiger partial charge in [0.15, 0.2) is 17.3 Å². The maximum absolute atomic E-state index is 14.1. The van der Waals surface area contributed by atoms with Crippen LogP contribution in [0, 0.1) is 5.82 Å². The van der Waals surface area contributed by atoms with Gasteiger partial charge in [-0.15, -0.1) is 0 Å². The summed E-state index contributed by atoms with van der Waals surface area (Å²) in [6.07, 6.45) is 3.14. The van der Waals surface area contributed by atoms with Crippen LogP contribution in [0.2, 0.25) is 0 Å². The summed E-state index contributed by atoms with van der Waals surface area (Å²) in [6, 6.07) is 18.4. The van der Waals surface area contributed by atoms with Crippen LogP contribution >= 0.6 is 0 Å². The molecule has 0 N–H and O–H groups in total. The lowest BCUT2D eigenvalue weighted by atomic mass is 9.97. The molecule has 1 aliphatic rings. The van der Waals surface area contributed by atoms with Gasteiger partial charge in [-0.05, 0) is 54.6 Å². The number of likely N-dealkylation sites (N-methyl/N-ethyl adjacent to an activating group) is 1. The van der Waals surface area contributed by atoms with Crippen LogP contribution in [0.1, 0.15) is 15.9 Å². The van der Waals surface area contributed by atoms with E-state index in [9.17, 15) is 9.18 Å². The van der Waals surface area contributed by atoms with Crippen molar-refractivity contribution in [3.8, 4) is 22.6 Å². The van der Waals surface area contributed by atoms with E-state index < -0.39 is 5.82 Å². The first-order valence-electron chi connectivity index (χ1n) is 11.3. The minimum Gasteiger partial charge on any atom is -0.496 e. The van der Waals surface area contributed by atoms with Gasteiger partial charge in [0.05, 0.1) is 14.2 Å². The van der Waals surface area contributed by atoms with Gasteiger partial charge in [0.25, 0.3) is 0 Å². The van der Waals surface area contributed by atoms with Crippen molar-refractivity contribution in [3.63, 3.8) is 0 Å². The van der Waals surface area contributed by atoms with Gasteiger partial charge in [0, 0.05) is 43.0 Å². The van der Waals surface area contributed by atoms with E-state index in [1.165, 1.54) is 19.3 Å². The first-order valence-corrected chi connectivity index (χ1v) is 11.3. The van der Waals surface area contributed by atoms with Crippen molar-refractivity contribution in [1.82, 2.24) is 4.90 Å². The molecule has 1 saturated heterocycles. The topological polar surface area (TPSA) is 42.0 Å². The molecule has 0 amide bonds. The molecule has 1 aliphatic heterocycles. The lowest BCUT2D eigenvalue weighted by molar-refractivity contribution is 0.104. The summed E-state index contributed by atoms with van der Waals surface area (Å²) >= 11 is 0. The molecule has 0 bridgehead atoms. The molecule has 0 aliphatic carbocycles. The minimum atomic E-state index is -0.464. The Morgan fingerprint density at radius 1 is 0.912 bits per heavy atom. The Morgan fingerprint density at radius 2 is 1.65 bits per heavy atom. The second kappa shape index (κ2) is 10.5. The lowest BCUT2D eigenvalue weighted by Gasteiger charge is -2.35. The van der Waals surface area contributed by atoms with E-state index in [4.69, 9.17) is 9.47 Å². The van der Waals surface area contributed by atoms with Crippen molar-refractivity contribution in [2.45, 2.75) is 0 Å². The number of nitrogens with zero attached hydrogens (tertiary/aromatic N) is 2. The number of carbonyl (C=O) groups is 1. The summed E-state index contributed by atoms with van der Waals surface area (Å²) in [5, 5.41) is 0. The number of piperazine rings is 1. The van der Waals surface area contributed by atoms with Crippen LogP contribution in [0.5, 0.6) is 11.5 Å². The summed E-state index contributed by atoms with van der Waals surface area (Å²) in [5.41, 5.74) is 3.93. The molecule has 34 heavy (non-hydrogen) atoms. The highest BCUT2D eigenvalue weighted by Gasteiger charge is 2.20. The molecule has 3 aromatic rings. The molecule has 3 aromatic carbocycles. The van der Waals surface area contributed by atoms with E-state index >= 15 is 0 Å². The fourth-order valence-electron chi connectivity index (χ4n) is 4.16. The zero-order chi connectivity index (χ0) is 24.1. The zero-order valence-corrected chi connectivity index (χ0v) is 19.8. The number of carbonyl (C=O) groups excluding carboxylic acids is 1. The molecule has 1 heterocycles. The van der Waals surface area contributed by atoms with Crippen molar-refractivity contribution in [2.75, 3.05) is 52.3 Å². The van der Waals surface area contributed by atoms with Crippen molar-refractivity contribution < 1.29 is 18.7 Å². The molecular formula is C28H29FN2O3. The molecule has 0 aromatic heterocycles. The van der Waals surface area contributed by atoms with Crippen molar-refractivity contribution in [1.29, 1.82) is 0 Å². The third kappa shape index (κ3) is 5.13. The SMILES string of the molecule is COc1ccc(/C=C/C(=O)c2cc(-c3ccccc3OC)ccc2N2CCN(C)CC2)cc1F. The van der Waals surface area contributed by atoms with Crippen LogP contribution < -0.4 is 14.4 Å². The number of para-hydroxylation sites is 1. The molecule has 5 nitrogen and oxygen atoms in total. The number of methoxy groups -OCH3 is 2. The number of hydrogen-bond acceptors (Lipinski definition) is 5. The van der Waals surface area contributed by atoms with E-state index in [2.05, 4.69) is 16.8 Å². The average molecular weight is 461 g/mol. The molecule has 176 valence electrons. The third-order valence-electron chi connectivity index (χ3n) is 6.13. The molecule has 0 saturated carbocycles. The quantitative estimate of drug-likeness (QED) is 0.360. The highest BCUT2D eigenvalue weighted by Crippen LogP contribution is 2.34. The Kier molecular flexibility index (Phi) is 7.28. The monoisotopic (exact) mass is 460 g/mol. The maximum atomic E-state index is 14.1. The van der Waals surface area contributed by atoms with Crippen LogP contribution in [0.25, 0.3) is 17.2 Å².